The molecule has 1 atom stereocenters. The van der Waals surface area contributed by atoms with Crippen LogP contribution in [0.2, 0.25) is 0 Å². The Morgan fingerprint density at radius 3 is 0.694 bits per heavy atom. The van der Waals surface area contributed by atoms with Gasteiger partial charge in [-0.25, -0.2) is 0 Å². The second kappa shape index (κ2) is 47.4. The van der Waals surface area contributed by atoms with E-state index in [-0.39, 0.29) is 31.1 Å². The van der Waals surface area contributed by atoms with Gasteiger partial charge in [0.25, 0.3) is 0 Å². The van der Waals surface area contributed by atoms with Crippen molar-refractivity contribution in [2.75, 3.05) is 13.2 Å². The number of carbonyl (C=O) groups is 3. The zero-order valence-electron chi connectivity index (χ0n) is 42.7. The molecule has 0 spiro atoms. The van der Waals surface area contributed by atoms with Gasteiger partial charge in [0.2, 0.25) is 0 Å². The van der Waals surface area contributed by atoms with Crippen molar-refractivity contribution in [2.45, 2.75) is 311 Å². The molecule has 368 valence electrons. The zero-order chi connectivity index (χ0) is 45.6. The van der Waals surface area contributed by atoms with Crippen molar-refractivity contribution in [3.63, 3.8) is 0 Å². The van der Waals surface area contributed by atoms with E-state index in [4.69, 9.17) is 14.2 Å². The first kappa shape index (κ1) is 60.4. The van der Waals surface area contributed by atoms with E-state index >= 15 is 0 Å². The molecule has 0 aliphatic heterocycles. The zero-order valence-corrected chi connectivity index (χ0v) is 42.7. The van der Waals surface area contributed by atoms with E-state index in [9.17, 15) is 14.4 Å². The van der Waals surface area contributed by atoms with Crippen LogP contribution in [0.5, 0.6) is 0 Å². The van der Waals surface area contributed by atoms with Crippen molar-refractivity contribution in [1.82, 2.24) is 0 Å². The Bertz CT molecular complexity index is 960. The number of esters is 3. The average Bonchev–Trinajstić information content (AvgIpc) is 3.23. The number of unbranched alkanes of at least 4 members (excludes halogenated alkanes) is 32. The van der Waals surface area contributed by atoms with E-state index in [1.165, 1.54) is 186 Å². The molecular weight excluding hydrogens is 769 g/mol. The van der Waals surface area contributed by atoms with Crippen molar-refractivity contribution in [1.29, 1.82) is 0 Å². The number of ether oxygens (including phenoxy) is 3. The molecule has 0 heterocycles. The SMILES string of the molecule is CC(C)CCCCCCCCCCCCCCCCC(=O)OC[C@@H](COC(=O)CCCCCCCCCCCC(C)C)OC(=O)CCCCCCCCCCCCCCC(C)C. The maximum atomic E-state index is 12.8. The molecule has 0 fully saturated rings. The maximum absolute atomic E-state index is 12.8. The molecule has 0 rings (SSSR count). The monoisotopic (exact) mass is 877 g/mol. The minimum atomic E-state index is -0.763. The van der Waals surface area contributed by atoms with Crippen molar-refractivity contribution in [3.8, 4) is 0 Å². The first-order valence-corrected chi connectivity index (χ1v) is 27.6. The molecule has 0 unspecified atom stereocenters. The van der Waals surface area contributed by atoms with Crippen LogP contribution in [0.25, 0.3) is 0 Å². The Kier molecular flexibility index (Phi) is 46.2. The first-order chi connectivity index (χ1) is 30.1. The lowest BCUT2D eigenvalue weighted by Gasteiger charge is -2.18. The van der Waals surface area contributed by atoms with E-state index in [1.54, 1.807) is 0 Å². The summed E-state index contributed by atoms with van der Waals surface area (Å²) in [5.41, 5.74) is 0. The molecule has 0 amide bonds. The highest BCUT2D eigenvalue weighted by Gasteiger charge is 2.19. The molecule has 0 bridgehead atoms. The highest BCUT2D eigenvalue weighted by molar-refractivity contribution is 5.71. The number of carbonyl (C=O) groups excluding carboxylic acids is 3. The fourth-order valence-electron chi connectivity index (χ4n) is 8.47. The molecule has 0 radical (unpaired) electrons. The van der Waals surface area contributed by atoms with Crippen molar-refractivity contribution < 1.29 is 28.6 Å². The molecule has 0 aromatic heterocycles. The quantitative estimate of drug-likeness (QED) is 0.0344. The Hall–Kier alpha value is -1.59. The van der Waals surface area contributed by atoms with Crippen LogP contribution in [0.3, 0.4) is 0 Å². The molecule has 0 aliphatic carbocycles. The van der Waals surface area contributed by atoms with Crippen LogP contribution in [0.15, 0.2) is 0 Å². The van der Waals surface area contributed by atoms with E-state index in [1.807, 2.05) is 0 Å². The Morgan fingerprint density at radius 1 is 0.274 bits per heavy atom. The lowest BCUT2D eigenvalue weighted by atomic mass is 10.0. The van der Waals surface area contributed by atoms with E-state index in [0.717, 1.165) is 75.5 Å². The minimum Gasteiger partial charge on any atom is -0.462 e. The summed E-state index contributed by atoms with van der Waals surface area (Å²) in [6.45, 7) is 13.7. The summed E-state index contributed by atoms with van der Waals surface area (Å²) in [5.74, 6) is 1.64. The van der Waals surface area contributed by atoms with Gasteiger partial charge in [0.1, 0.15) is 13.2 Å². The summed E-state index contributed by atoms with van der Waals surface area (Å²) < 4.78 is 16.9. The van der Waals surface area contributed by atoms with Crippen LogP contribution in [0, 0.1) is 17.8 Å². The van der Waals surface area contributed by atoms with Crippen LogP contribution in [-0.2, 0) is 28.6 Å². The maximum Gasteiger partial charge on any atom is 0.306 e. The second-order valence-electron chi connectivity index (χ2n) is 20.6. The Balaban J connectivity index is 4.30. The van der Waals surface area contributed by atoms with Crippen molar-refractivity contribution >= 4 is 17.9 Å². The number of rotatable bonds is 49. The lowest BCUT2D eigenvalue weighted by molar-refractivity contribution is -0.167. The van der Waals surface area contributed by atoms with Gasteiger partial charge in [0.15, 0.2) is 6.10 Å². The van der Waals surface area contributed by atoms with Gasteiger partial charge in [0.05, 0.1) is 0 Å². The molecule has 0 saturated carbocycles. The van der Waals surface area contributed by atoms with Gasteiger partial charge in [-0.05, 0) is 37.0 Å². The van der Waals surface area contributed by atoms with Gasteiger partial charge in [-0.3, -0.25) is 14.4 Å². The van der Waals surface area contributed by atoms with Gasteiger partial charge in [-0.1, -0.05) is 266 Å². The van der Waals surface area contributed by atoms with Crippen LogP contribution in [0.1, 0.15) is 305 Å². The molecule has 0 aromatic rings. The highest BCUT2D eigenvalue weighted by atomic mass is 16.6. The van der Waals surface area contributed by atoms with Crippen LogP contribution >= 0.6 is 0 Å². The minimum absolute atomic E-state index is 0.0641. The van der Waals surface area contributed by atoms with Gasteiger partial charge >= 0.3 is 17.9 Å². The van der Waals surface area contributed by atoms with Crippen LogP contribution in [0.4, 0.5) is 0 Å². The molecule has 0 N–H and O–H groups in total. The summed E-state index contributed by atoms with van der Waals surface area (Å²) in [7, 11) is 0. The van der Waals surface area contributed by atoms with E-state index in [2.05, 4.69) is 41.5 Å². The first-order valence-electron chi connectivity index (χ1n) is 27.6. The molecular formula is C56H108O6. The van der Waals surface area contributed by atoms with E-state index in [0.29, 0.717) is 19.3 Å². The normalized spacial score (nSPS) is 12.1. The van der Waals surface area contributed by atoms with E-state index < -0.39 is 6.10 Å². The summed E-state index contributed by atoms with van der Waals surface area (Å²) in [4.78, 5) is 38.0. The Labute approximate surface area is 387 Å². The second-order valence-corrected chi connectivity index (χ2v) is 20.6. The Morgan fingerprint density at radius 2 is 0.468 bits per heavy atom. The summed E-state index contributed by atoms with van der Waals surface area (Å²) >= 11 is 0. The van der Waals surface area contributed by atoms with Gasteiger partial charge < -0.3 is 14.2 Å². The third-order valence-electron chi connectivity index (χ3n) is 12.6. The molecule has 0 aliphatic rings. The average molecular weight is 877 g/mol. The molecule has 0 saturated heterocycles. The smallest absolute Gasteiger partial charge is 0.306 e. The summed E-state index contributed by atoms with van der Waals surface area (Å²) in [6.07, 6.45) is 48.1. The van der Waals surface area contributed by atoms with Gasteiger partial charge in [-0.2, -0.15) is 0 Å². The van der Waals surface area contributed by atoms with Crippen molar-refractivity contribution in [3.05, 3.63) is 0 Å². The fourth-order valence-corrected chi connectivity index (χ4v) is 8.47. The standard InChI is InChI=1S/C56H108O6/c1-50(2)42-36-30-24-18-13-9-7-8-10-15-21-27-33-39-45-54(57)60-48-53(49-61-55(58)46-40-34-28-23-17-20-26-32-38-44-52(5)6)62-56(59)47-41-35-29-22-16-12-11-14-19-25-31-37-43-51(3)4/h50-53H,7-49H2,1-6H3/t53-/m0/s1. The number of hydrogen-bond acceptors (Lipinski definition) is 6. The molecule has 6 heteroatoms. The third kappa shape index (κ3) is 49.4. The third-order valence-corrected chi connectivity index (χ3v) is 12.6. The topological polar surface area (TPSA) is 78.9 Å². The summed E-state index contributed by atoms with van der Waals surface area (Å²) in [5, 5.41) is 0. The predicted molar refractivity (Wildman–Crippen MR) is 266 cm³/mol. The predicted octanol–water partition coefficient (Wildman–Crippen LogP) is 17.9. The number of hydrogen-bond donors (Lipinski definition) is 0. The lowest BCUT2D eigenvalue weighted by Crippen LogP contribution is -2.30. The highest BCUT2D eigenvalue weighted by Crippen LogP contribution is 2.18. The fraction of sp³-hybridized carbons (Fsp3) is 0.946. The molecule has 62 heavy (non-hydrogen) atoms. The van der Waals surface area contributed by atoms with Crippen LogP contribution in [-0.4, -0.2) is 37.2 Å². The van der Waals surface area contributed by atoms with Crippen molar-refractivity contribution in [2.24, 2.45) is 17.8 Å². The molecule has 0 aromatic carbocycles. The van der Waals surface area contributed by atoms with Crippen LogP contribution < -0.4 is 0 Å². The molecule has 6 nitrogen and oxygen atoms in total. The van der Waals surface area contributed by atoms with Gasteiger partial charge in [0, 0.05) is 19.3 Å². The van der Waals surface area contributed by atoms with Gasteiger partial charge in [-0.15, -0.1) is 0 Å². The summed E-state index contributed by atoms with van der Waals surface area (Å²) in [6, 6.07) is 0. The largest absolute Gasteiger partial charge is 0.462 e.